The topological polar surface area (TPSA) is 63.0 Å². The van der Waals surface area contributed by atoms with Crippen molar-refractivity contribution < 1.29 is 5.11 Å². The van der Waals surface area contributed by atoms with Crippen LogP contribution in [-0.4, -0.2) is 33.0 Å². The lowest BCUT2D eigenvalue weighted by Crippen LogP contribution is -2.37. The highest BCUT2D eigenvalue weighted by Crippen LogP contribution is 2.28. The molecule has 0 spiro atoms. The number of aromatic nitrogens is 3. The minimum Gasteiger partial charge on any atom is -0.396 e. The molecule has 0 amide bonds. The van der Waals surface area contributed by atoms with Crippen molar-refractivity contribution >= 4 is 11.6 Å². The van der Waals surface area contributed by atoms with Crippen molar-refractivity contribution in [3.63, 3.8) is 0 Å². The first kappa shape index (κ1) is 17.9. The van der Waals surface area contributed by atoms with Gasteiger partial charge in [-0.15, -0.1) is 0 Å². The molecule has 0 saturated heterocycles. The van der Waals surface area contributed by atoms with Gasteiger partial charge < -0.3 is 10.4 Å². The molecule has 2 N–H and O–H groups in total. The molecule has 1 aromatic carbocycles. The van der Waals surface area contributed by atoms with E-state index in [4.69, 9.17) is 11.6 Å². The summed E-state index contributed by atoms with van der Waals surface area (Å²) in [5.41, 5.74) is 1.85. The predicted molar refractivity (Wildman–Crippen MR) is 92.9 cm³/mol. The standard InChI is InChI=1S/C17H25ClN4O/c1-4-17(5-2,10-23)9-20-13(3)15-7-6-14(8-16(15)18)22-12-19-11-21-22/h6-8,11-13,20,23H,4-5,9-10H2,1-3H3. The highest BCUT2D eigenvalue weighted by molar-refractivity contribution is 6.31. The Morgan fingerprint density at radius 1 is 1.35 bits per heavy atom. The molecular weight excluding hydrogens is 312 g/mol. The first-order chi connectivity index (χ1) is 11.0. The largest absolute Gasteiger partial charge is 0.396 e. The predicted octanol–water partition coefficient (Wildman–Crippen LogP) is 3.37. The molecule has 0 radical (unpaired) electrons. The molecule has 0 aliphatic heterocycles. The van der Waals surface area contributed by atoms with E-state index in [1.807, 2.05) is 18.2 Å². The van der Waals surface area contributed by atoms with Crippen LogP contribution >= 0.6 is 11.6 Å². The van der Waals surface area contributed by atoms with E-state index >= 15 is 0 Å². The molecule has 0 fully saturated rings. The fourth-order valence-electron chi connectivity index (χ4n) is 2.61. The summed E-state index contributed by atoms with van der Waals surface area (Å²) in [6.45, 7) is 7.28. The van der Waals surface area contributed by atoms with Gasteiger partial charge in [-0.05, 0) is 37.5 Å². The highest BCUT2D eigenvalue weighted by Gasteiger charge is 2.26. The van der Waals surface area contributed by atoms with E-state index in [1.165, 1.54) is 6.33 Å². The molecule has 0 saturated carbocycles. The first-order valence-corrected chi connectivity index (χ1v) is 8.41. The number of rotatable bonds is 8. The van der Waals surface area contributed by atoms with E-state index in [1.54, 1.807) is 11.0 Å². The Labute approximate surface area is 142 Å². The number of hydrogen-bond donors (Lipinski definition) is 2. The molecule has 126 valence electrons. The van der Waals surface area contributed by atoms with Crippen LogP contribution in [0, 0.1) is 5.41 Å². The first-order valence-electron chi connectivity index (χ1n) is 8.04. The maximum Gasteiger partial charge on any atom is 0.138 e. The van der Waals surface area contributed by atoms with Crippen molar-refractivity contribution in [2.45, 2.75) is 39.7 Å². The molecule has 23 heavy (non-hydrogen) atoms. The molecule has 0 bridgehead atoms. The van der Waals surface area contributed by atoms with Gasteiger partial charge in [0.15, 0.2) is 0 Å². The summed E-state index contributed by atoms with van der Waals surface area (Å²) in [4.78, 5) is 3.94. The van der Waals surface area contributed by atoms with Crippen molar-refractivity contribution in [3.8, 4) is 5.69 Å². The van der Waals surface area contributed by atoms with Gasteiger partial charge in [-0.3, -0.25) is 0 Å². The van der Waals surface area contributed by atoms with Crippen LogP contribution in [-0.2, 0) is 0 Å². The van der Waals surface area contributed by atoms with Crippen LogP contribution in [0.2, 0.25) is 5.02 Å². The Hall–Kier alpha value is -1.43. The second-order valence-electron chi connectivity index (χ2n) is 6.01. The molecule has 0 aliphatic carbocycles. The van der Waals surface area contributed by atoms with Crippen molar-refractivity contribution in [1.82, 2.24) is 20.1 Å². The average molecular weight is 337 g/mol. The van der Waals surface area contributed by atoms with Crippen molar-refractivity contribution in [2.24, 2.45) is 5.41 Å². The Balaban J connectivity index is 2.09. The summed E-state index contributed by atoms with van der Waals surface area (Å²) in [5.74, 6) is 0. The Bertz CT molecular complexity index is 603. The zero-order valence-electron chi connectivity index (χ0n) is 14.0. The van der Waals surface area contributed by atoms with Crippen molar-refractivity contribution in [3.05, 3.63) is 41.4 Å². The summed E-state index contributed by atoms with van der Waals surface area (Å²) >= 11 is 6.44. The zero-order valence-corrected chi connectivity index (χ0v) is 14.7. The van der Waals surface area contributed by atoms with Crippen LogP contribution in [0.4, 0.5) is 0 Å². The van der Waals surface area contributed by atoms with Crippen LogP contribution in [0.5, 0.6) is 0 Å². The lowest BCUT2D eigenvalue weighted by atomic mass is 9.83. The Kier molecular flexibility index (Phi) is 6.16. The third-order valence-electron chi connectivity index (χ3n) is 4.75. The third kappa shape index (κ3) is 4.10. The summed E-state index contributed by atoms with van der Waals surface area (Å²) in [6.07, 6.45) is 5.03. The monoisotopic (exact) mass is 336 g/mol. The molecule has 2 rings (SSSR count). The van der Waals surface area contributed by atoms with E-state index in [9.17, 15) is 5.11 Å². The van der Waals surface area contributed by atoms with Gasteiger partial charge >= 0.3 is 0 Å². The van der Waals surface area contributed by atoms with Crippen LogP contribution < -0.4 is 5.32 Å². The smallest absolute Gasteiger partial charge is 0.138 e. The maximum atomic E-state index is 9.67. The number of nitrogens with one attached hydrogen (secondary N) is 1. The number of aliphatic hydroxyl groups is 1. The van der Waals surface area contributed by atoms with Crippen molar-refractivity contribution in [2.75, 3.05) is 13.2 Å². The molecule has 1 aromatic heterocycles. The fourth-order valence-corrected chi connectivity index (χ4v) is 2.95. The van der Waals surface area contributed by atoms with Crippen LogP contribution in [0.25, 0.3) is 5.69 Å². The number of benzene rings is 1. The Morgan fingerprint density at radius 3 is 2.61 bits per heavy atom. The molecule has 6 heteroatoms. The zero-order chi connectivity index (χ0) is 16.9. The van der Waals surface area contributed by atoms with E-state index in [0.29, 0.717) is 5.02 Å². The Morgan fingerprint density at radius 2 is 2.09 bits per heavy atom. The molecule has 1 unspecified atom stereocenters. The summed E-state index contributed by atoms with van der Waals surface area (Å²) in [5, 5.41) is 18.0. The SMILES string of the molecule is CCC(CC)(CO)CNC(C)c1ccc(-n2cncn2)cc1Cl. The maximum absolute atomic E-state index is 9.67. The highest BCUT2D eigenvalue weighted by atomic mass is 35.5. The van der Waals surface area contributed by atoms with E-state index in [-0.39, 0.29) is 18.1 Å². The van der Waals surface area contributed by atoms with E-state index < -0.39 is 0 Å². The van der Waals surface area contributed by atoms with Crippen LogP contribution in [0.3, 0.4) is 0 Å². The van der Waals surface area contributed by atoms with Gasteiger partial charge in [-0.2, -0.15) is 5.10 Å². The number of hydrogen-bond acceptors (Lipinski definition) is 4. The van der Waals surface area contributed by atoms with Gasteiger partial charge in [0.1, 0.15) is 12.7 Å². The number of aliphatic hydroxyl groups excluding tert-OH is 1. The lowest BCUT2D eigenvalue weighted by molar-refractivity contribution is 0.110. The second-order valence-corrected chi connectivity index (χ2v) is 6.42. The van der Waals surface area contributed by atoms with Gasteiger partial charge in [-0.25, -0.2) is 9.67 Å². The quantitative estimate of drug-likeness (QED) is 0.775. The van der Waals surface area contributed by atoms with Gasteiger partial charge in [-0.1, -0.05) is 31.5 Å². The lowest BCUT2D eigenvalue weighted by Gasteiger charge is -2.31. The van der Waals surface area contributed by atoms with Gasteiger partial charge in [0, 0.05) is 29.6 Å². The normalized spacial score (nSPS) is 13.3. The van der Waals surface area contributed by atoms with Crippen molar-refractivity contribution in [1.29, 1.82) is 0 Å². The van der Waals surface area contributed by atoms with Gasteiger partial charge in [0.2, 0.25) is 0 Å². The third-order valence-corrected chi connectivity index (χ3v) is 5.08. The van der Waals surface area contributed by atoms with E-state index in [0.717, 1.165) is 30.6 Å². The minimum atomic E-state index is -0.0680. The fraction of sp³-hybridized carbons (Fsp3) is 0.529. The summed E-state index contributed by atoms with van der Waals surface area (Å²) < 4.78 is 1.68. The second kappa shape index (κ2) is 7.90. The number of nitrogens with zero attached hydrogens (tertiary/aromatic N) is 3. The van der Waals surface area contributed by atoms with Crippen LogP contribution in [0.1, 0.15) is 45.2 Å². The summed E-state index contributed by atoms with van der Waals surface area (Å²) in [6, 6.07) is 5.99. The van der Waals surface area contributed by atoms with Gasteiger partial charge in [0.25, 0.3) is 0 Å². The molecule has 0 aliphatic rings. The van der Waals surface area contributed by atoms with Crippen LogP contribution in [0.15, 0.2) is 30.9 Å². The molecule has 5 nitrogen and oxygen atoms in total. The molecular formula is C17H25ClN4O. The number of halogens is 1. The average Bonchev–Trinajstić information content (AvgIpc) is 3.11. The molecule has 1 atom stereocenters. The molecule has 2 aromatic rings. The minimum absolute atomic E-state index is 0.0680. The summed E-state index contributed by atoms with van der Waals surface area (Å²) in [7, 11) is 0. The van der Waals surface area contributed by atoms with Gasteiger partial charge in [0.05, 0.1) is 5.69 Å². The van der Waals surface area contributed by atoms with E-state index in [2.05, 4.69) is 36.2 Å². The molecule has 1 heterocycles.